The van der Waals surface area contributed by atoms with E-state index in [1.807, 2.05) is 62.6 Å². The van der Waals surface area contributed by atoms with E-state index in [4.69, 9.17) is 25.7 Å². The maximum absolute atomic E-state index is 10.9. The van der Waals surface area contributed by atoms with E-state index in [9.17, 15) is 4.79 Å². The Balaban J connectivity index is 0.000000968. The SMILES string of the molecule is CN1NC(=NC2=CCC=C(Cl)C=C2)c2ccoc2C1OCCc1ccnc(C=O)c1.CNC. The lowest BCUT2D eigenvalue weighted by Gasteiger charge is -2.33. The summed E-state index contributed by atoms with van der Waals surface area (Å²) in [6.07, 6.45) is 12.6. The molecule has 0 aromatic carbocycles. The highest BCUT2D eigenvalue weighted by Gasteiger charge is 2.32. The minimum atomic E-state index is -0.406. The summed E-state index contributed by atoms with van der Waals surface area (Å²) in [6, 6.07) is 5.50. The van der Waals surface area contributed by atoms with Crippen LogP contribution in [0.25, 0.3) is 0 Å². The molecule has 2 aromatic rings. The predicted molar refractivity (Wildman–Crippen MR) is 129 cm³/mol. The summed E-state index contributed by atoms with van der Waals surface area (Å²) < 4.78 is 11.8. The molecular formula is C24H28ClN5O3. The number of hydrazine groups is 1. The van der Waals surface area contributed by atoms with Crippen molar-refractivity contribution < 1.29 is 13.9 Å². The van der Waals surface area contributed by atoms with E-state index in [-0.39, 0.29) is 0 Å². The largest absolute Gasteiger partial charge is 0.464 e. The van der Waals surface area contributed by atoms with Crippen molar-refractivity contribution in [1.29, 1.82) is 0 Å². The zero-order valence-corrected chi connectivity index (χ0v) is 19.7. The van der Waals surface area contributed by atoms with E-state index in [1.165, 1.54) is 0 Å². The number of furan rings is 1. The fourth-order valence-electron chi connectivity index (χ4n) is 3.25. The van der Waals surface area contributed by atoms with Crippen LogP contribution in [-0.4, -0.2) is 49.9 Å². The molecule has 0 amide bonds. The second-order valence-electron chi connectivity index (χ2n) is 7.35. The number of aliphatic imine (C=N–C) groups is 1. The predicted octanol–water partition coefficient (Wildman–Crippen LogP) is 3.74. The normalized spacial score (nSPS) is 18.9. The minimum Gasteiger partial charge on any atom is -0.464 e. The number of aldehydes is 1. The second-order valence-corrected chi connectivity index (χ2v) is 7.79. The molecule has 0 radical (unpaired) electrons. The topological polar surface area (TPSA) is 92.0 Å². The van der Waals surface area contributed by atoms with Crippen LogP contribution in [0.3, 0.4) is 0 Å². The van der Waals surface area contributed by atoms with Crippen LogP contribution >= 0.6 is 11.6 Å². The fourth-order valence-corrected chi connectivity index (χ4v) is 3.40. The summed E-state index contributed by atoms with van der Waals surface area (Å²) in [5.74, 6) is 1.37. The van der Waals surface area contributed by atoms with Crippen molar-refractivity contribution in [1.82, 2.24) is 20.7 Å². The van der Waals surface area contributed by atoms with Crippen molar-refractivity contribution >= 4 is 23.7 Å². The van der Waals surface area contributed by atoms with Gasteiger partial charge in [0.25, 0.3) is 0 Å². The molecule has 174 valence electrons. The quantitative estimate of drug-likeness (QED) is 0.622. The van der Waals surface area contributed by atoms with Crippen molar-refractivity contribution in [2.24, 2.45) is 4.99 Å². The average Bonchev–Trinajstić information content (AvgIpc) is 3.21. The Kier molecular flexibility index (Phi) is 9.14. The van der Waals surface area contributed by atoms with Gasteiger partial charge < -0.3 is 14.5 Å². The van der Waals surface area contributed by atoms with E-state index in [0.29, 0.717) is 35.3 Å². The van der Waals surface area contributed by atoms with E-state index < -0.39 is 6.23 Å². The Labute approximate surface area is 198 Å². The van der Waals surface area contributed by atoms with Gasteiger partial charge in [-0.05, 0) is 62.9 Å². The molecule has 3 heterocycles. The number of ether oxygens (including phenoxy) is 1. The van der Waals surface area contributed by atoms with Crippen LogP contribution in [0, 0.1) is 0 Å². The van der Waals surface area contributed by atoms with E-state index in [2.05, 4.69) is 15.7 Å². The Morgan fingerprint density at radius 3 is 2.97 bits per heavy atom. The highest BCUT2D eigenvalue weighted by atomic mass is 35.5. The third kappa shape index (κ3) is 6.72. The molecule has 0 saturated heterocycles. The molecule has 8 nitrogen and oxygen atoms in total. The van der Waals surface area contributed by atoms with Gasteiger partial charge in [-0.2, -0.15) is 5.01 Å². The minimum absolute atomic E-state index is 0.406. The van der Waals surface area contributed by atoms with Gasteiger partial charge >= 0.3 is 0 Å². The number of hydrogen-bond donors (Lipinski definition) is 2. The van der Waals surface area contributed by atoms with E-state index in [0.717, 1.165) is 29.5 Å². The van der Waals surface area contributed by atoms with Gasteiger partial charge in [0.2, 0.25) is 0 Å². The van der Waals surface area contributed by atoms with Gasteiger partial charge in [-0.25, -0.2) is 4.99 Å². The molecule has 1 aliphatic carbocycles. The molecule has 4 rings (SSSR count). The molecule has 1 aliphatic heterocycles. The number of pyridine rings is 1. The maximum Gasteiger partial charge on any atom is 0.186 e. The van der Waals surface area contributed by atoms with Gasteiger partial charge in [-0.15, -0.1) is 0 Å². The Bertz CT molecular complexity index is 1070. The Morgan fingerprint density at radius 2 is 2.18 bits per heavy atom. The van der Waals surface area contributed by atoms with E-state index >= 15 is 0 Å². The second kappa shape index (κ2) is 12.3. The number of aromatic nitrogens is 1. The molecule has 2 N–H and O–H groups in total. The number of hydrogen-bond acceptors (Lipinski definition) is 7. The molecule has 0 spiro atoms. The first-order chi connectivity index (χ1) is 16.0. The van der Waals surface area contributed by atoms with Gasteiger partial charge in [0, 0.05) is 18.3 Å². The van der Waals surface area contributed by atoms with Crippen LogP contribution in [0.1, 0.15) is 40.0 Å². The van der Waals surface area contributed by atoms with Crippen LogP contribution in [0.2, 0.25) is 0 Å². The van der Waals surface area contributed by atoms with Crippen LogP contribution in [-0.2, 0) is 11.2 Å². The molecule has 9 heteroatoms. The van der Waals surface area contributed by atoms with Gasteiger partial charge in [0.1, 0.15) is 5.69 Å². The third-order valence-corrected chi connectivity index (χ3v) is 5.02. The smallest absolute Gasteiger partial charge is 0.186 e. The monoisotopic (exact) mass is 469 g/mol. The highest BCUT2D eigenvalue weighted by molar-refractivity contribution is 6.31. The zero-order valence-electron chi connectivity index (χ0n) is 18.9. The summed E-state index contributed by atoms with van der Waals surface area (Å²) in [7, 11) is 5.62. The number of fused-ring (bicyclic) bond motifs is 1. The van der Waals surface area contributed by atoms with Crippen LogP contribution in [0.5, 0.6) is 0 Å². The van der Waals surface area contributed by atoms with Gasteiger partial charge in [0.15, 0.2) is 24.1 Å². The molecule has 0 bridgehead atoms. The number of allylic oxidation sites excluding steroid dienone is 5. The molecular weight excluding hydrogens is 442 g/mol. The summed E-state index contributed by atoms with van der Waals surface area (Å²) >= 11 is 6.06. The summed E-state index contributed by atoms with van der Waals surface area (Å²) in [5, 5.41) is 5.27. The van der Waals surface area contributed by atoms with Gasteiger partial charge in [0.05, 0.1) is 24.1 Å². The molecule has 1 atom stereocenters. The highest BCUT2D eigenvalue weighted by Crippen LogP contribution is 2.29. The van der Waals surface area contributed by atoms with Crippen molar-refractivity contribution in [3.8, 4) is 0 Å². The van der Waals surface area contributed by atoms with Crippen LogP contribution < -0.4 is 10.7 Å². The molecule has 0 fully saturated rings. The molecule has 0 saturated carbocycles. The van der Waals surface area contributed by atoms with Crippen molar-refractivity contribution in [2.45, 2.75) is 19.1 Å². The first-order valence-corrected chi connectivity index (χ1v) is 10.9. The first-order valence-electron chi connectivity index (χ1n) is 10.6. The lowest BCUT2D eigenvalue weighted by molar-refractivity contribution is -0.0782. The summed E-state index contributed by atoms with van der Waals surface area (Å²) in [6.45, 7) is 0.448. The number of amidine groups is 1. The lowest BCUT2D eigenvalue weighted by Crippen LogP contribution is -2.47. The number of nitrogens with one attached hydrogen (secondary N) is 2. The van der Waals surface area contributed by atoms with Crippen molar-refractivity contribution in [3.63, 3.8) is 0 Å². The first kappa shape index (κ1) is 24.6. The molecule has 33 heavy (non-hydrogen) atoms. The van der Waals surface area contributed by atoms with Gasteiger partial charge in [-0.1, -0.05) is 23.8 Å². The molecule has 2 aromatic heterocycles. The van der Waals surface area contributed by atoms with Crippen LogP contribution in [0.4, 0.5) is 0 Å². The van der Waals surface area contributed by atoms with Crippen molar-refractivity contribution in [3.05, 3.63) is 88.3 Å². The zero-order chi connectivity index (χ0) is 23.6. The summed E-state index contributed by atoms with van der Waals surface area (Å²) in [5.41, 5.74) is 6.33. The lowest BCUT2D eigenvalue weighted by atomic mass is 10.1. The van der Waals surface area contributed by atoms with Crippen LogP contribution in [0.15, 0.2) is 75.1 Å². The van der Waals surface area contributed by atoms with Gasteiger partial charge in [-0.3, -0.25) is 15.2 Å². The number of carbonyl (C=O) groups excluding carboxylic acids is 1. The van der Waals surface area contributed by atoms with E-state index in [1.54, 1.807) is 18.5 Å². The number of halogens is 1. The van der Waals surface area contributed by atoms with Crippen molar-refractivity contribution in [2.75, 3.05) is 27.7 Å². The molecule has 1 unspecified atom stereocenters. The fraction of sp³-hybridized carbons (Fsp3) is 0.292. The number of carbonyl (C=O) groups is 1. The standard InChI is InChI=1S/C22H21ClN4O3.C2H7N/c1-27-22(30-11-8-15-7-10-24-18(13-15)14-28)20-19(9-12-29-20)21(26-27)25-17-4-2-3-16(23)5-6-17;1-3-2/h3-7,9-10,12-14,22H,2,8,11H2,1H3,(H,25,26);3H,1-2H3. The average molecular weight is 470 g/mol. The number of nitrogens with zero attached hydrogens (tertiary/aromatic N) is 3. The number of rotatable bonds is 6. The summed E-state index contributed by atoms with van der Waals surface area (Å²) in [4.78, 5) is 19.6. The maximum atomic E-state index is 10.9. The Hall–Kier alpha value is -3.04. The molecule has 2 aliphatic rings. The Morgan fingerprint density at radius 1 is 1.36 bits per heavy atom. The third-order valence-electron chi connectivity index (χ3n) is 4.74.